The molecule has 0 bridgehead atoms. The third-order valence-electron chi connectivity index (χ3n) is 3.07. The molecule has 0 aromatic heterocycles. The molecule has 0 heterocycles. The zero-order valence-corrected chi connectivity index (χ0v) is 10.5. The number of hydrogen-bond acceptors (Lipinski definition) is 3. The van der Waals surface area contributed by atoms with Gasteiger partial charge in [-0.25, -0.2) is 0 Å². The van der Waals surface area contributed by atoms with E-state index in [9.17, 15) is 4.79 Å². The van der Waals surface area contributed by atoms with Gasteiger partial charge in [-0.3, -0.25) is 9.69 Å². The summed E-state index contributed by atoms with van der Waals surface area (Å²) in [5.74, 6) is 0.159. The Morgan fingerprint density at radius 2 is 2.19 bits per heavy atom. The molecule has 4 heteroatoms. The van der Waals surface area contributed by atoms with Crippen molar-refractivity contribution in [2.45, 2.75) is 51.6 Å². The Balaban J connectivity index is 2.36. The molecular weight excluding hydrogens is 202 g/mol. The van der Waals surface area contributed by atoms with E-state index in [-0.39, 0.29) is 11.9 Å². The predicted molar refractivity (Wildman–Crippen MR) is 66.2 cm³/mol. The molecule has 16 heavy (non-hydrogen) atoms. The molecule has 3 N–H and O–H groups in total. The van der Waals surface area contributed by atoms with Crippen molar-refractivity contribution < 1.29 is 4.79 Å². The minimum absolute atomic E-state index is 0.0456. The standard InChI is InChI=1S/C12H25N3O/c1-3-4-8-15(9-7-13)10(2)12(16)14-11-5-6-11/h10-11H,3-9,13H2,1-2H3,(H,14,16). The number of nitrogens with one attached hydrogen (secondary N) is 1. The Labute approximate surface area is 98.6 Å². The van der Waals surface area contributed by atoms with Crippen LogP contribution in [0.1, 0.15) is 39.5 Å². The van der Waals surface area contributed by atoms with Crippen LogP contribution in [0.2, 0.25) is 0 Å². The van der Waals surface area contributed by atoms with E-state index in [0.717, 1.165) is 38.8 Å². The summed E-state index contributed by atoms with van der Waals surface area (Å²) in [5.41, 5.74) is 5.58. The quantitative estimate of drug-likeness (QED) is 0.642. The summed E-state index contributed by atoms with van der Waals surface area (Å²) in [6.07, 6.45) is 4.56. The molecule has 0 spiro atoms. The van der Waals surface area contributed by atoms with E-state index in [4.69, 9.17) is 5.73 Å². The minimum atomic E-state index is -0.0456. The lowest BCUT2D eigenvalue weighted by atomic mass is 10.2. The summed E-state index contributed by atoms with van der Waals surface area (Å²) in [5, 5.41) is 3.05. The molecular formula is C12H25N3O. The fourth-order valence-corrected chi connectivity index (χ4v) is 1.74. The normalized spacial score (nSPS) is 17.5. The number of nitrogens with zero attached hydrogens (tertiary/aromatic N) is 1. The molecule has 0 radical (unpaired) electrons. The molecule has 1 aliphatic carbocycles. The molecule has 0 aromatic rings. The molecule has 1 aliphatic rings. The molecule has 0 aromatic carbocycles. The van der Waals surface area contributed by atoms with Crippen LogP contribution >= 0.6 is 0 Å². The maximum absolute atomic E-state index is 11.9. The van der Waals surface area contributed by atoms with Gasteiger partial charge in [-0.05, 0) is 32.7 Å². The second kappa shape index (κ2) is 6.86. The smallest absolute Gasteiger partial charge is 0.237 e. The van der Waals surface area contributed by atoms with Crippen molar-refractivity contribution in [2.24, 2.45) is 5.73 Å². The molecule has 1 fully saturated rings. The number of nitrogens with two attached hydrogens (primary N) is 1. The second-order valence-corrected chi connectivity index (χ2v) is 4.64. The second-order valence-electron chi connectivity index (χ2n) is 4.64. The summed E-state index contributed by atoms with van der Waals surface area (Å²) in [4.78, 5) is 14.1. The third kappa shape index (κ3) is 4.49. The first kappa shape index (κ1) is 13.5. The van der Waals surface area contributed by atoms with E-state index in [0.29, 0.717) is 12.6 Å². The van der Waals surface area contributed by atoms with Gasteiger partial charge in [-0.2, -0.15) is 0 Å². The van der Waals surface area contributed by atoms with Gasteiger partial charge >= 0.3 is 0 Å². The average Bonchev–Trinajstić information content (AvgIpc) is 3.07. The number of carbonyl (C=O) groups excluding carboxylic acids is 1. The summed E-state index contributed by atoms with van der Waals surface area (Å²) in [6.45, 7) is 6.52. The van der Waals surface area contributed by atoms with Crippen LogP contribution in [0.25, 0.3) is 0 Å². The highest BCUT2D eigenvalue weighted by Gasteiger charge is 2.27. The van der Waals surface area contributed by atoms with Crippen molar-refractivity contribution in [3.63, 3.8) is 0 Å². The maximum atomic E-state index is 11.9. The number of rotatable bonds is 8. The average molecular weight is 227 g/mol. The first-order chi connectivity index (χ1) is 7.69. The molecule has 1 atom stereocenters. The number of unbranched alkanes of at least 4 members (excludes halogenated alkanes) is 1. The van der Waals surface area contributed by atoms with E-state index >= 15 is 0 Å². The van der Waals surface area contributed by atoms with Crippen LogP contribution < -0.4 is 11.1 Å². The summed E-state index contributed by atoms with van der Waals surface area (Å²) in [6, 6.07) is 0.400. The first-order valence-electron chi connectivity index (χ1n) is 6.43. The first-order valence-corrected chi connectivity index (χ1v) is 6.43. The highest BCUT2D eigenvalue weighted by Crippen LogP contribution is 2.19. The van der Waals surface area contributed by atoms with Crippen molar-refractivity contribution in [3.05, 3.63) is 0 Å². The molecule has 1 saturated carbocycles. The van der Waals surface area contributed by atoms with Gasteiger partial charge in [0.1, 0.15) is 0 Å². The van der Waals surface area contributed by atoms with Crippen LogP contribution in [0.4, 0.5) is 0 Å². The molecule has 0 saturated heterocycles. The Morgan fingerprint density at radius 3 is 2.69 bits per heavy atom. The largest absolute Gasteiger partial charge is 0.352 e. The van der Waals surface area contributed by atoms with E-state index in [1.165, 1.54) is 0 Å². The predicted octanol–water partition coefficient (Wildman–Crippen LogP) is 0.714. The van der Waals surface area contributed by atoms with Gasteiger partial charge in [0.15, 0.2) is 0 Å². The van der Waals surface area contributed by atoms with Gasteiger partial charge in [0.2, 0.25) is 5.91 Å². The summed E-state index contributed by atoms with van der Waals surface area (Å²) < 4.78 is 0. The highest BCUT2D eigenvalue weighted by atomic mass is 16.2. The Morgan fingerprint density at radius 1 is 1.50 bits per heavy atom. The van der Waals surface area contributed by atoms with Gasteiger partial charge in [-0.15, -0.1) is 0 Å². The molecule has 1 amide bonds. The van der Waals surface area contributed by atoms with Crippen LogP contribution in [0.15, 0.2) is 0 Å². The Kier molecular flexibility index (Phi) is 5.77. The van der Waals surface area contributed by atoms with Crippen LogP contribution in [0.5, 0.6) is 0 Å². The molecule has 1 unspecified atom stereocenters. The number of carbonyl (C=O) groups is 1. The number of hydrogen-bond donors (Lipinski definition) is 2. The van der Waals surface area contributed by atoms with E-state index in [1.54, 1.807) is 0 Å². The molecule has 0 aliphatic heterocycles. The topological polar surface area (TPSA) is 58.4 Å². The molecule has 1 rings (SSSR count). The lowest BCUT2D eigenvalue weighted by Crippen LogP contribution is -2.47. The lowest BCUT2D eigenvalue weighted by molar-refractivity contribution is -0.126. The zero-order valence-electron chi connectivity index (χ0n) is 10.5. The molecule has 4 nitrogen and oxygen atoms in total. The fourth-order valence-electron chi connectivity index (χ4n) is 1.74. The lowest BCUT2D eigenvalue weighted by Gasteiger charge is -2.27. The summed E-state index contributed by atoms with van der Waals surface area (Å²) >= 11 is 0. The van der Waals surface area contributed by atoms with Crippen LogP contribution in [-0.2, 0) is 4.79 Å². The fraction of sp³-hybridized carbons (Fsp3) is 0.917. The van der Waals surface area contributed by atoms with Crippen molar-refractivity contribution >= 4 is 5.91 Å². The van der Waals surface area contributed by atoms with Gasteiger partial charge in [0.05, 0.1) is 6.04 Å². The minimum Gasteiger partial charge on any atom is -0.352 e. The zero-order chi connectivity index (χ0) is 12.0. The maximum Gasteiger partial charge on any atom is 0.237 e. The van der Waals surface area contributed by atoms with Crippen LogP contribution in [0, 0.1) is 0 Å². The Bertz CT molecular complexity index is 216. The van der Waals surface area contributed by atoms with Gasteiger partial charge in [-0.1, -0.05) is 13.3 Å². The van der Waals surface area contributed by atoms with Gasteiger partial charge in [0.25, 0.3) is 0 Å². The van der Waals surface area contributed by atoms with Crippen LogP contribution in [-0.4, -0.2) is 42.5 Å². The SMILES string of the molecule is CCCCN(CCN)C(C)C(=O)NC1CC1. The highest BCUT2D eigenvalue weighted by molar-refractivity contribution is 5.81. The summed E-state index contributed by atoms with van der Waals surface area (Å²) in [7, 11) is 0. The van der Waals surface area contributed by atoms with Crippen molar-refractivity contribution in [1.82, 2.24) is 10.2 Å². The molecule has 94 valence electrons. The Hall–Kier alpha value is -0.610. The van der Waals surface area contributed by atoms with E-state index < -0.39 is 0 Å². The van der Waals surface area contributed by atoms with Gasteiger partial charge in [0, 0.05) is 19.1 Å². The van der Waals surface area contributed by atoms with Crippen LogP contribution in [0.3, 0.4) is 0 Å². The van der Waals surface area contributed by atoms with Gasteiger partial charge < -0.3 is 11.1 Å². The monoisotopic (exact) mass is 227 g/mol. The third-order valence-corrected chi connectivity index (χ3v) is 3.07. The van der Waals surface area contributed by atoms with E-state index in [1.807, 2.05) is 6.92 Å². The van der Waals surface area contributed by atoms with Crippen molar-refractivity contribution in [3.8, 4) is 0 Å². The number of amides is 1. The van der Waals surface area contributed by atoms with Crippen molar-refractivity contribution in [1.29, 1.82) is 0 Å². The van der Waals surface area contributed by atoms with E-state index in [2.05, 4.69) is 17.1 Å². The van der Waals surface area contributed by atoms with Crippen molar-refractivity contribution in [2.75, 3.05) is 19.6 Å².